The Hall–Kier alpha value is -0.840. The van der Waals surface area contributed by atoms with Gasteiger partial charge in [0.15, 0.2) is 0 Å². The molecule has 3 unspecified atom stereocenters. The van der Waals surface area contributed by atoms with Crippen LogP contribution in [0.4, 0.5) is 11.8 Å². The first-order chi connectivity index (χ1) is 10.2. The third kappa shape index (κ3) is 3.33. The number of hydrogen-bond donors (Lipinski definition) is 1. The van der Waals surface area contributed by atoms with E-state index in [9.17, 15) is 0 Å². The SMILES string of the molecule is CCCNc1ncc(Br)c(N(C)CC2CC3CCC2C3)n1. The molecule has 21 heavy (non-hydrogen) atoms. The first kappa shape index (κ1) is 15.1. The maximum atomic E-state index is 4.67. The average molecular weight is 353 g/mol. The van der Waals surface area contributed by atoms with Crippen molar-refractivity contribution in [2.24, 2.45) is 17.8 Å². The molecule has 3 atom stereocenters. The third-order valence-electron chi connectivity index (χ3n) is 5.01. The Bertz CT molecular complexity index is 493. The molecular formula is C16H25BrN4. The van der Waals surface area contributed by atoms with E-state index in [4.69, 9.17) is 0 Å². The van der Waals surface area contributed by atoms with Crippen LogP contribution >= 0.6 is 15.9 Å². The number of rotatable bonds is 6. The van der Waals surface area contributed by atoms with Crippen molar-refractivity contribution in [1.82, 2.24) is 9.97 Å². The van der Waals surface area contributed by atoms with E-state index in [2.05, 4.69) is 50.1 Å². The van der Waals surface area contributed by atoms with Gasteiger partial charge in [-0.15, -0.1) is 0 Å². The van der Waals surface area contributed by atoms with Crippen LogP contribution < -0.4 is 10.2 Å². The molecule has 2 bridgehead atoms. The Morgan fingerprint density at radius 1 is 1.38 bits per heavy atom. The summed E-state index contributed by atoms with van der Waals surface area (Å²) in [7, 11) is 2.16. The summed E-state index contributed by atoms with van der Waals surface area (Å²) in [4.78, 5) is 11.3. The standard InChI is InChI=1S/C16H25BrN4/c1-3-6-18-16-19-9-14(17)15(20-16)21(2)10-13-8-11-4-5-12(13)7-11/h9,11-13H,3-8,10H2,1-2H3,(H,18,19,20). The van der Waals surface area contributed by atoms with E-state index in [1.54, 1.807) is 0 Å². The normalized spacial score (nSPS) is 27.1. The van der Waals surface area contributed by atoms with Gasteiger partial charge in [0.2, 0.25) is 5.95 Å². The largest absolute Gasteiger partial charge is 0.358 e. The fourth-order valence-electron chi connectivity index (χ4n) is 3.99. The maximum absolute atomic E-state index is 4.67. The Balaban J connectivity index is 1.67. The quantitative estimate of drug-likeness (QED) is 0.841. The van der Waals surface area contributed by atoms with Crippen LogP contribution in [0.5, 0.6) is 0 Å². The summed E-state index contributed by atoms with van der Waals surface area (Å²) in [6, 6.07) is 0. The molecule has 3 rings (SSSR count). The molecule has 0 aliphatic heterocycles. The Labute approximate surface area is 135 Å². The number of hydrogen-bond acceptors (Lipinski definition) is 4. The number of nitrogens with zero attached hydrogens (tertiary/aromatic N) is 3. The van der Waals surface area contributed by atoms with Gasteiger partial charge in [-0.05, 0) is 59.4 Å². The molecule has 2 aliphatic rings. The van der Waals surface area contributed by atoms with E-state index in [-0.39, 0.29) is 0 Å². The highest BCUT2D eigenvalue weighted by Crippen LogP contribution is 2.48. The molecule has 1 aromatic heterocycles. The van der Waals surface area contributed by atoms with E-state index in [1.807, 2.05) is 6.20 Å². The first-order valence-corrected chi connectivity index (χ1v) is 8.94. The fraction of sp³-hybridized carbons (Fsp3) is 0.750. The molecule has 0 amide bonds. The minimum absolute atomic E-state index is 0.731. The highest BCUT2D eigenvalue weighted by molar-refractivity contribution is 9.10. The van der Waals surface area contributed by atoms with Crippen LogP contribution in [0, 0.1) is 17.8 Å². The van der Waals surface area contributed by atoms with Gasteiger partial charge in [0.25, 0.3) is 0 Å². The minimum Gasteiger partial charge on any atom is -0.358 e. The van der Waals surface area contributed by atoms with Gasteiger partial charge in [-0.3, -0.25) is 0 Å². The van der Waals surface area contributed by atoms with Crippen LogP contribution in [-0.2, 0) is 0 Å². The molecule has 1 aromatic rings. The molecule has 1 heterocycles. The van der Waals surface area contributed by atoms with Crippen LogP contribution in [0.15, 0.2) is 10.7 Å². The van der Waals surface area contributed by atoms with Crippen molar-refractivity contribution in [2.75, 3.05) is 30.4 Å². The molecule has 2 fully saturated rings. The van der Waals surface area contributed by atoms with Crippen molar-refractivity contribution >= 4 is 27.7 Å². The lowest BCUT2D eigenvalue weighted by Crippen LogP contribution is -2.29. The molecule has 2 aliphatic carbocycles. The number of fused-ring (bicyclic) bond motifs is 2. The lowest BCUT2D eigenvalue weighted by molar-refractivity contribution is 0.337. The van der Waals surface area contributed by atoms with Crippen LogP contribution in [0.25, 0.3) is 0 Å². The lowest BCUT2D eigenvalue weighted by Gasteiger charge is -2.28. The van der Waals surface area contributed by atoms with E-state index in [0.29, 0.717) is 0 Å². The summed E-state index contributed by atoms with van der Waals surface area (Å²) in [5.41, 5.74) is 0. The highest BCUT2D eigenvalue weighted by Gasteiger charge is 2.39. The van der Waals surface area contributed by atoms with Gasteiger partial charge < -0.3 is 10.2 Å². The molecule has 1 N–H and O–H groups in total. The minimum atomic E-state index is 0.731. The molecule has 0 radical (unpaired) electrons. The summed E-state index contributed by atoms with van der Waals surface area (Å²) in [5, 5.41) is 3.27. The lowest BCUT2D eigenvalue weighted by atomic mass is 9.88. The highest BCUT2D eigenvalue weighted by atomic mass is 79.9. The van der Waals surface area contributed by atoms with Gasteiger partial charge in [-0.2, -0.15) is 4.98 Å². The van der Waals surface area contributed by atoms with E-state index in [1.165, 1.54) is 25.7 Å². The van der Waals surface area contributed by atoms with Crippen LogP contribution in [0.2, 0.25) is 0 Å². The Morgan fingerprint density at radius 2 is 2.24 bits per heavy atom. The summed E-state index contributed by atoms with van der Waals surface area (Å²) in [6.45, 7) is 4.18. The zero-order valence-corrected chi connectivity index (χ0v) is 14.6. The summed E-state index contributed by atoms with van der Waals surface area (Å²) >= 11 is 3.60. The number of halogens is 1. The summed E-state index contributed by atoms with van der Waals surface area (Å²) in [6.07, 6.45) is 8.73. The second-order valence-electron chi connectivity index (χ2n) is 6.61. The van der Waals surface area contributed by atoms with Gasteiger partial charge in [-0.1, -0.05) is 13.3 Å². The Morgan fingerprint density at radius 3 is 2.90 bits per heavy atom. The van der Waals surface area contributed by atoms with Crippen molar-refractivity contribution in [3.8, 4) is 0 Å². The van der Waals surface area contributed by atoms with Gasteiger partial charge in [0, 0.05) is 26.3 Å². The first-order valence-electron chi connectivity index (χ1n) is 8.15. The molecule has 2 saturated carbocycles. The van der Waals surface area contributed by atoms with Gasteiger partial charge in [-0.25, -0.2) is 4.98 Å². The summed E-state index contributed by atoms with van der Waals surface area (Å²) in [5.74, 6) is 4.55. The second kappa shape index (κ2) is 6.51. The zero-order valence-electron chi connectivity index (χ0n) is 13.0. The van der Waals surface area contributed by atoms with Crippen molar-refractivity contribution in [1.29, 1.82) is 0 Å². The fourth-order valence-corrected chi connectivity index (χ4v) is 4.48. The molecule has 116 valence electrons. The molecule has 4 nitrogen and oxygen atoms in total. The predicted octanol–water partition coefficient (Wildman–Crippen LogP) is 3.93. The van der Waals surface area contributed by atoms with E-state index in [0.717, 1.165) is 53.5 Å². The van der Waals surface area contributed by atoms with Crippen LogP contribution in [-0.4, -0.2) is 30.1 Å². The second-order valence-corrected chi connectivity index (χ2v) is 7.46. The van der Waals surface area contributed by atoms with Crippen molar-refractivity contribution in [2.45, 2.75) is 39.0 Å². The molecule has 5 heteroatoms. The van der Waals surface area contributed by atoms with Crippen molar-refractivity contribution < 1.29 is 0 Å². The van der Waals surface area contributed by atoms with Gasteiger partial charge >= 0.3 is 0 Å². The Kier molecular flexibility index (Phi) is 4.67. The molecule has 0 aromatic carbocycles. The smallest absolute Gasteiger partial charge is 0.224 e. The van der Waals surface area contributed by atoms with Crippen molar-refractivity contribution in [3.63, 3.8) is 0 Å². The third-order valence-corrected chi connectivity index (χ3v) is 5.57. The molecular weight excluding hydrogens is 328 g/mol. The zero-order chi connectivity index (χ0) is 14.8. The molecule has 0 spiro atoms. The van der Waals surface area contributed by atoms with Gasteiger partial charge in [0.05, 0.1) is 4.47 Å². The van der Waals surface area contributed by atoms with Crippen LogP contribution in [0.1, 0.15) is 39.0 Å². The number of anilines is 2. The topological polar surface area (TPSA) is 41.1 Å². The van der Waals surface area contributed by atoms with Crippen LogP contribution in [0.3, 0.4) is 0 Å². The summed E-state index contributed by atoms with van der Waals surface area (Å²) < 4.78 is 0.982. The van der Waals surface area contributed by atoms with E-state index >= 15 is 0 Å². The monoisotopic (exact) mass is 352 g/mol. The average Bonchev–Trinajstić information content (AvgIpc) is 3.09. The van der Waals surface area contributed by atoms with Crippen molar-refractivity contribution in [3.05, 3.63) is 10.7 Å². The molecule has 0 saturated heterocycles. The van der Waals surface area contributed by atoms with E-state index < -0.39 is 0 Å². The number of nitrogens with one attached hydrogen (secondary N) is 1. The predicted molar refractivity (Wildman–Crippen MR) is 90.7 cm³/mol. The van der Waals surface area contributed by atoms with Gasteiger partial charge in [0.1, 0.15) is 5.82 Å². The number of aromatic nitrogens is 2. The maximum Gasteiger partial charge on any atom is 0.224 e.